The summed E-state index contributed by atoms with van der Waals surface area (Å²) in [6, 6.07) is 3.84. The second-order valence-corrected chi connectivity index (χ2v) is 4.25. The average molecular weight is 267 g/mol. The van der Waals surface area contributed by atoms with Crippen molar-refractivity contribution in [3.63, 3.8) is 0 Å². The van der Waals surface area contributed by atoms with Crippen molar-refractivity contribution in [2.24, 2.45) is 0 Å². The number of hydrogen-bond donors (Lipinski definition) is 1. The summed E-state index contributed by atoms with van der Waals surface area (Å²) in [6.07, 6.45) is 1.69. The normalized spacial score (nSPS) is 11.1. The molecule has 108 valence electrons. The molecule has 0 aliphatic rings. The van der Waals surface area contributed by atoms with Gasteiger partial charge in [0, 0.05) is 32.8 Å². The average Bonchev–Trinajstić information content (AvgIpc) is 2.41. The van der Waals surface area contributed by atoms with Gasteiger partial charge in [-0.1, -0.05) is 0 Å². The second-order valence-electron chi connectivity index (χ2n) is 4.25. The number of anilines is 1. The molecule has 0 spiro atoms. The molecule has 0 aromatic carbocycles. The van der Waals surface area contributed by atoms with Crippen LogP contribution >= 0.6 is 0 Å². The van der Waals surface area contributed by atoms with Crippen LogP contribution in [0.5, 0.6) is 0 Å². The van der Waals surface area contributed by atoms with Crippen molar-refractivity contribution in [3.05, 3.63) is 24.0 Å². The van der Waals surface area contributed by atoms with Crippen LogP contribution in [0.2, 0.25) is 0 Å². The molecular formula is C14H25N3O2. The Morgan fingerprint density at radius 2 is 1.74 bits per heavy atom. The molecule has 0 fully saturated rings. The predicted molar refractivity (Wildman–Crippen MR) is 76.9 cm³/mol. The summed E-state index contributed by atoms with van der Waals surface area (Å²) in [4.78, 5) is 6.61. The molecule has 0 aliphatic carbocycles. The van der Waals surface area contributed by atoms with Crippen LogP contribution in [0.25, 0.3) is 0 Å². The maximum absolute atomic E-state index is 5.64. The van der Waals surface area contributed by atoms with Crippen LogP contribution in [-0.2, 0) is 16.0 Å². The number of nitrogens with two attached hydrogens (primary N) is 1. The van der Waals surface area contributed by atoms with E-state index >= 15 is 0 Å². The summed E-state index contributed by atoms with van der Waals surface area (Å²) < 4.78 is 10.8. The summed E-state index contributed by atoms with van der Waals surface area (Å²) >= 11 is 0. The number of pyridine rings is 1. The molecule has 0 bridgehead atoms. The zero-order valence-electron chi connectivity index (χ0n) is 12.0. The first kappa shape index (κ1) is 15.9. The highest BCUT2D eigenvalue weighted by Crippen LogP contribution is 2.05. The lowest BCUT2D eigenvalue weighted by Crippen LogP contribution is -2.31. The Balaban J connectivity index is 2.44. The van der Waals surface area contributed by atoms with Crippen molar-refractivity contribution in [1.82, 2.24) is 9.88 Å². The van der Waals surface area contributed by atoms with Gasteiger partial charge >= 0.3 is 0 Å². The van der Waals surface area contributed by atoms with Crippen LogP contribution in [0.3, 0.4) is 0 Å². The zero-order valence-corrected chi connectivity index (χ0v) is 12.0. The zero-order chi connectivity index (χ0) is 13.9. The van der Waals surface area contributed by atoms with E-state index in [0.717, 1.165) is 51.8 Å². The van der Waals surface area contributed by atoms with Gasteiger partial charge in [0.25, 0.3) is 0 Å². The van der Waals surface area contributed by atoms with Gasteiger partial charge in [0.15, 0.2) is 0 Å². The topological polar surface area (TPSA) is 60.6 Å². The van der Waals surface area contributed by atoms with Crippen LogP contribution in [0.1, 0.15) is 19.5 Å². The Bertz CT molecular complexity index is 320. The van der Waals surface area contributed by atoms with E-state index < -0.39 is 0 Å². The van der Waals surface area contributed by atoms with Crippen molar-refractivity contribution in [2.75, 3.05) is 45.3 Å². The van der Waals surface area contributed by atoms with Gasteiger partial charge in [-0.3, -0.25) is 9.88 Å². The van der Waals surface area contributed by atoms with Gasteiger partial charge < -0.3 is 15.2 Å². The molecule has 1 aromatic heterocycles. The molecule has 5 heteroatoms. The van der Waals surface area contributed by atoms with E-state index in [1.54, 1.807) is 6.20 Å². The van der Waals surface area contributed by atoms with Gasteiger partial charge in [0.1, 0.15) is 0 Å². The van der Waals surface area contributed by atoms with Gasteiger partial charge in [-0.2, -0.15) is 0 Å². The predicted octanol–water partition coefficient (Wildman–Crippen LogP) is 1.54. The number of hydrogen-bond acceptors (Lipinski definition) is 5. The fourth-order valence-electron chi connectivity index (χ4n) is 1.70. The van der Waals surface area contributed by atoms with E-state index in [1.165, 1.54) is 0 Å². The Morgan fingerprint density at radius 3 is 2.21 bits per heavy atom. The van der Waals surface area contributed by atoms with E-state index in [-0.39, 0.29) is 0 Å². The smallest absolute Gasteiger partial charge is 0.0593 e. The number of ether oxygens (including phenoxy) is 2. The lowest BCUT2D eigenvalue weighted by atomic mass is 10.3. The highest BCUT2D eigenvalue weighted by Gasteiger charge is 2.07. The minimum atomic E-state index is 0.693. The van der Waals surface area contributed by atoms with E-state index in [2.05, 4.69) is 9.88 Å². The summed E-state index contributed by atoms with van der Waals surface area (Å²) in [5.41, 5.74) is 7.35. The molecule has 0 radical (unpaired) electrons. The monoisotopic (exact) mass is 267 g/mol. The van der Waals surface area contributed by atoms with Gasteiger partial charge in [0.05, 0.1) is 30.8 Å². The highest BCUT2D eigenvalue weighted by molar-refractivity contribution is 5.34. The molecule has 2 N–H and O–H groups in total. The van der Waals surface area contributed by atoms with Crippen molar-refractivity contribution < 1.29 is 9.47 Å². The summed E-state index contributed by atoms with van der Waals surface area (Å²) in [6.45, 7) is 9.53. The minimum Gasteiger partial charge on any atom is -0.397 e. The molecule has 0 aliphatic heterocycles. The van der Waals surface area contributed by atoms with Crippen LogP contribution in [0.15, 0.2) is 18.3 Å². The largest absolute Gasteiger partial charge is 0.397 e. The van der Waals surface area contributed by atoms with Crippen molar-refractivity contribution in [1.29, 1.82) is 0 Å². The maximum atomic E-state index is 5.64. The van der Waals surface area contributed by atoms with E-state index in [0.29, 0.717) is 5.69 Å². The van der Waals surface area contributed by atoms with Crippen LogP contribution in [-0.4, -0.2) is 49.4 Å². The van der Waals surface area contributed by atoms with E-state index in [4.69, 9.17) is 15.2 Å². The molecule has 0 saturated heterocycles. The third-order valence-corrected chi connectivity index (χ3v) is 2.75. The van der Waals surface area contributed by atoms with E-state index in [1.807, 2.05) is 26.0 Å². The van der Waals surface area contributed by atoms with Gasteiger partial charge in [-0.15, -0.1) is 0 Å². The number of rotatable bonds is 10. The van der Waals surface area contributed by atoms with E-state index in [9.17, 15) is 0 Å². The molecule has 1 heterocycles. The fourth-order valence-corrected chi connectivity index (χ4v) is 1.70. The first-order valence-electron chi connectivity index (χ1n) is 6.84. The van der Waals surface area contributed by atoms with Crippen molar-refractivity contribution in [2.45, 2.75) is 20.4 Å². The van der Waals surface area contributed by atoms with Crippen LogP contribution in [0, 0.1) is 0 Å². The molecule has 0 atom stereocenters. The maximum Gasteiger partial charge on any atom is 0.0593 e. The fraction of sp³-hybridized carbons (Fsp3) is 0.643. The number of nitrogens with zero attached hydrogens (tertiary/aromatic N) is 2. The first-order valence-corrected chi connectivity index (χ1v) is 6.84. The Labute approximate surface area is 115 Å². The van der Waals surface area contributed by atoms with Gasteiger partial charge in [0.2, 0.25) is 0 Å². The molecule has 0 saturated carbocycles. The molecular weight excluding hydrogens is 242 g/mol. The first-order chi connectivity index (χ1) is 9.26. The highest BCUT2D eigenvalue weighted by atomic mass is 16.5. The molecule has 0 amide bonds. The standard InChI is InChI=1S/C14H25N3O2/c1-3-18-9-7-17(8-10-19-4-2)12-14-6-5-13(15)11-16-14/h5-6,11H,3-4,7-10,12,15H2,1-2H3. The summed E-state index contributed by atoms with van der Waals surface area (Å²) in [7, 11) is 0. The molecule has 0 unspecified atom stereocenters. The van der Waals surface area contributed by atoms with Crippen LogP contribution < -0.4 is 5.73 Å². The Hall–Kier alpha value is -1.17. The number of nitrogen functional groups attached to an aromatic ring is 1. The van der Waals surface area contributed by atoms with Gasteiger partial charge in [-0.05, 0) is 26.0 Å². The van der Waals surface area contributed by atoms with Crippen molar-refractivity contribution >= 4 is 5.69 Å². The quantitative estimate of drug-likeness (QED) is 0.652. The Morgan fingerprint density at radius 1 is 1.11 bits per heavy atom. The lowest BCUT2D eigenvalue weighted by Gasteiger charge is -2.21. The SMILES string of the molecule is CCOCCN(CCOCC)Cc1ccc(N)cn1. The number of aromatic nitrogens is 1. The lowest BCUT2D eigenvalue weighted by molar-refractivity contribution is 0.0793. The third kappa shape index (κ3) is 7.10. The van der Waals surface area contributed by atoms with Crippen molar-refractivity contribution in [3.8, 4) is 0 Å². The van der Waals surface area contributed by atoms with Gasteiger partial charge in [-0.25, -0.2) is 0 Å². The molecule has 19 heavy (non-hydrogen) atoms. The van der Waals surface area contributed by atoms with Crippen LogP contribution in [0.4, 0.5) is 5.69 Å². The minimum absolute atomic E-state index is 0.693. The molecule has 1 rings (SSSR count). The second kappa shape index (κ2) is 9.72. The molecule has 1 aromatic rings. The molecule has 5 nitrogen and oxygen atoms in total. The third-order valence-electron chi connectivity index (χ3n) is 2.75. The summed E-state index contributed by atoms with van der Waals surface area (Å²) in [5.74, 6) is 0. The Kier molecular flexibility index (Phi) is 8.13. The summed E-state index contributed by atoms with van der Waals surface area (Å²) in [5, 5.41) is 0.